The minimum atomic E-state index is -3.59. The van der Waals surface area contributed by atoms with E-state index < -0.39 is 15.7 Å². The summed E-state index contributed by atoms with van der Waals surface area (Å²) in [6, 6.07) is 0. The zero-order valence-corrected chi connectivity index (χ0v) is 17.3. The molecule has 0 bridgehead atoms. The summed E-state index contributed by atoms with van der Waals surface area (Å²) in [4.78, 5) is 0. The number of aliphatic hydroxyl groups is 1. The molecule has 0 fully saturated rings. The molecular weight excluding hydrogens is 390 g/mol. The molecule has 154 valence electrons. The minimum Gasteiger partial charge on any atom is -0.481 e. The molecule has 0 spiro atoms. The first-order chi connectivity index (χ1) is 13.8. The molecule has 3 atom stereocenters. The van der Waals surface area contributed by atoms with Crippen molar-refractivity contribution in [3.05, 3.63) is 82.7 Å². The summed E-state index contributed by atoms with van der Waals surface area (Å²) in [5.74, 6) is 0.986. The van der Waals surface area contributed by atoms with Gasteiger partial charge in [0, 0.05) is 29.2 Å². The Morgan fingerprint density at radius 1 is 1.17 bits per heavy atom. The third-order valence-corrected chi connectivity index (χ3v) is 6.00. The van der Waals surface area contributed by atoms with Gasteiger partial charge in [0.05, 0.1) is 25.0 Å². The maximum atomic E-state index is 11.3. The highest BCUT2D eigenvalue weighted by molar-refractivity contribution is 7.85. The lowest BCUT2D eigenvalue weighted by Gasteiger charge is -2.32. The molecule has 0 saturated carbocycles. The minimum absolute atomic E-state index is 0.0631. The maximum absolute atomic E-state index is 11.3. The third-order valence-electron chi connectivity index (χ3n) is 5.46. The number of nitrogens with one attached hydrogen (secondary N) is 1. The summed E-state index contributed by atoms with van der Waals surface area (Å²) >= 11 is 0. The van der Waals surface area contributed by atoms with Crippen LogP contribution in [0.2, 0.25) is 0 Å². The van der Waals surface area contributed by atoms with Crippen LogP contribution in [-0.2, 0) is 19.0 Å². The molecule has 4 rings (SSSR count). The summed E-state index contributed by atoms with van der Waals surface area (Å²) in [5.41, 5.74) is 3.57. The molecule has 3 aliphatic carbocycles. The van der Waals surface area contributed by atoms with Gasteiger partial charge in [0.1, 0.15) is 11.9 Å². The smallest absolute Gasteiger partial charge is 0.264 e. The fraction of sp³-hybridized carbons (Fsp3) is 0.364. The lowest BCUT2D eigenvalue weighted by molar-refractivity contribution is 0.121. The molecule has 0 radical (unpaired) electrons. The Bertz CT molecular complexity index is 1030. The fourth-order valence-corrected chi connectivity index (χ4v) is 4.26. The molecule has 4 aliphatic rings. The van der Waals surface area contributed by atoms with Crippen molar-refractivity contribution in [2.75, 3.05) is 26.0 Å². The Kier molecular flexibility index (Phi) is 5.25. The summed E-state index contributed by atoms with van der Waals surface area (Å²) in [7, 11) is -3.59. The van der Waals surface area contributed by atoms with E-state index in [1.807, 2.05) is 30.4 Å². The second-order valence-electron chi connectivity index (χ2n) is 7.92. The first-order valence-corrected chi connectivity index (χ1v) is 11.4. The van der Waals surface area contributed by atoms with Crippen molar-refractivity contribution in [2.24, 2.45) is 5.92 Å². The van der Waals surface area contributed by atoms with Gasteiger partial charge in [-0.2, -0.15) is 8.42 Å². The van der Waals surface area contributed by atoms with E-state index in [-0.39, 0.29) is 25.2 Å². The molecule has 0 aromatic heterocycles. The number of rotatable bonds is 7. The van der Waals surface area contributed by atoms with Crippen molar-refractivity contribution in [1.82, 2.24) is 5.32 Å². The van der Waals surface area contributed by atoms with Crippen molar-refractivity contribution < 1.29 is 22.4 Å². The Morgan fingerprint density at radius 2 is 1.90 bits per heavy atom. The van der Waals surface area contributed by atoms with E-state index in [1.54, 1.807) is 6.92 Å². The Morgan fingerprint density at radius 3 is 2.62 bits per heavy atom. The van der Waals surface area contributed by atoms with E-state index >= 15 is 0 Å². The van der Waals surface area contributed by atoms with Gasteiger partial charge < -0.3 is 15.2 Å². The van der Waals surface area contributed by atoms with Crippen molar-refractivity contribution >= 4 is 10.1 Å². The summed E-state index contributed by atoms with van der Waals surface area (Å²) in [6.45, 7) is 1.82. The van der Waals surface area contributed by atoms with Gasteiger partial charge in [-0.25, -0.2) is 0 Å². The molecule has 6 nitrogen and oxygen atoms in total. The number of fused-ring (bicyclic) bond motifs is 3. The molecular formula is C22H25NO5S. The molecule has 3 unspecified atom stereocenters. The quantitative estimate of drug-likeness (QED) is 0.619. The van der Waals surface area contributed by atoms with Gasteiger partial charge in [0.25, 0.3) is 10.1 Å². The highest BCUT2D eigenvalue weighted by Crippen LogP contribution is 2.44. The number of allylic oxidation sites excluding steroid dienone is 8. The maximum Gasteiger partial charge on any atom is 0.264 e. The van der Waals surface area contributed by atoms with Gasteiger partial charge >= 0.3 is 0 Å². The van der Waals surface area contributed by atoms with Gasteiger partial charge in [-0.05, 0) is 24.6 Å². The molecule has 0 saturated heterocycles. The average Bonchev–Trinajstić information content (AvgIpc) is 3.09. The van der Waals surface area contributed by atoms with Crippen molar-refractivity contribution in [2.45, 2.75) is 18.6 Å². The van der Waals surface area contributed by atoms with Crippen molar-refractivity contribution in [1.29, 1.82) is 0 Å². The lowest BCUT2D eigenvalue weighted by Crippen LogP contribution is -2.51. The zero-order chi connectivity index (χ0) is 20.6. The zero-order valence-electron chi connectivity index (χ0n) is 16.5. The average molecular weight is 416 g/mol. The van der Waals surface area contributed by atoms with Crippen LogP contribution in [0.15, 0.2) is 82.7 Å². The van der Waals surface area contributed by atoms with Crippen LogP contribution < -0.4 is 5.32 Å². The topological polar surface area (TPSA) is 84.9 Å². The Balaban J connectivity index is 1.60. The van der Waals surface area contributed by atoms with E-state index in [1.165, 1.54) is 0 Å². The van der Waals surface area contributed by atoms with Gasteiger partial charge in [0.2, 0.25) is 0 Å². The number of hydrogen-bond donors (Lipinski definition) is 2. The van der Waals surface area contributed by atoms with Crippen LogP contribution >= 0.6 is 0 Å². The van der Waals surface area contributed by atoms with E-state index in [0.717, 1.165) is 34.3 Å². The molecule has 1 heterocycles. The number of aliphatic hydroxyl groups excluding tert-OH is 1. The molecule has 7 heteroatoms. The van der Waals surface area contributed by atoms with E-state index in [2.05, 4.69) is 29.6 Å². The predicted molar refractivity (Wildman–Crippen MR) is 111 cm³/mol. The second-order valence-corrected chi connectivity index (χ2v) is 9.56. The second kappa shape index (κ2) is 7.57. The van der Waals surface area contributed by atoms with Crippen LogP contribution in [0.25, 0.3) is 0 Å². The van der Waals surface area contributed by atoms with Gasteiger partial charge in [-0.1, -0.05) is 42.5 Å². The molecule has 2 N–H and O–H groups in total. The van der Waals surface area contributed by atoms with Crippen LogP contribution in [0.3, 0.4) is 0 Å². The summed E-state index contributed by atoms with van der Waals surface area (Å²) < 4.78 is 33.8. The normalized spacial score (nSPS) is 26.7. The summed E-state index contributed by atoms with van der Waals surface area (Å²) in [5, 5.41) is 13.1. The van der Waals surface area contributed by atoms with Gasteiger partial charge in [-0.3, -0.25) is 4.18 Å². The molecule has 1 aliphatic heterocycles. The van der Waals surface area contributed by atoms with Crippen LogP contribution in [-0.4, -0.2) is 51.2 Å². The largest absolute Gasteiger partial charge is 0.481 e. The van der Waals surface area contributed by atoms with Crippen LogP contribution in [0.1, 0.15) is 6.92 Å². The highest BCUT2D eigenvalue weighted by atomic mass is 32.2. The standard InChI is InChI=1S/C22H25NO5S/c1-22(13-24,14-27-29(2,25)26)23-12-15-11-19-17-8-5-6-10-20(17)28-21(19)18-9-4-3-7-16(15)18/h3-11,16,20,23-24H,12-14H2,1-2H3. The monoisotopic (exact) mass is 415 g/mol. The third kappa shape index (κ3) is 4.09. The Labute approximate surface area is 171 Å². The number of ether oxygens (including phenoxy) is 1. The van der Waals surface area contributed by atoms with Gasteiger partial charge in [-0.15, -0.1) is 0 Å². The van der Waals surface area contributed by atoms with Crippen molar-refractivity contribution in [3.63, 3.8) is 0 Å². The molecule has 29 heavy (non-hydrogen) atoms. The highest BCUT2D eigenvalue weighted by Gasteiger charge is 2.36. The lowest BCUT2D eigenvalue weighted by atomic mass is 9.79. The van der Waals surface area contributed by atoms with Crippen LogP contribution in [0, 0.1) is 5.92 Å². The van der Waals surface area contributed by atoms with Crippen LogP contribution in [0.5, 0.6) is 0 Å². The van der Waals surface area contributed by atoms with Crippen LogP contribution in [0.4, 0.5) is 0 Å². The Hall–Kier alpha value is -2.19. The first-order valence-electron chi connectivity index (χ1n) is 9.55. The predicted octanol–water partition coefficient (Wildman–Crippen LogP) is 2.06. The first kappa shape index (κ1) is 20.1. The fourth-order valence-electron chi connectivity index (χ4n) is 3.79. The molecule has 0 amide bonds. The van der Waals surface area contributed by atoms with Gasteiger partial charge in [0.15, 0.2) is 0 Å². The molecule has 0 aromatic carbocycles. The van der Waals surface area contributed by atoms with E-state index in [4.69, 9.17) is 8.92 Å². The van der Waals surface area contributed by atoms with E-state index in [0.29, 0.717) is 6.54 Å². The number of hydrogen-bond acceptors (Lipinski definition) is 6. The van der Waals surface area contributed by atoms with E-state index in [9.17, 15) is 13.5 Å². The van der Waals surface area contributed by atoms with Crippen molar-refractivity contribution in [3.8, 4) is 0 Å². The SMILES string of the molecule is CC(CO)(COS(C)(=O)=O)NCC1=CC2=C3C=CC=CC3OC2=C2C=CC=CC12. The summed E-state index contributed by atoms with van der Waals surface area (Å²) in [6.07, 6.45) is 19.4. The molecule has 0 aromatic rings.